The van der Waals surface area contributed by atoms with E-state index in [0.717, 1.165) is 25.8 Å². The van der Waals surface area contributed by atoms with Gasteiger partial charge in [-0.25, -0.2) is 0 Å². The number of piperidine rings is 1. The van der Waals surface area contributed by atoms with Crippen molar-refractivity contribution < 1.29 is 19.1 Å². The molecule has 6 nitrogen and oxygen atoms in total. The predicted octanol–water partition coefficient (Wildman–Crippen LogP) is 2.96. The van der Waals surface area contributed by atoms with Gasteiger partial charge in [0.05, 0.1) is 6.61 Å². The molecule has 6 heteroatoms. The van der Waals surface area contributed by atoms with Gasteiger partial charge in [-0.15, -0.1) is 0 Å². The summed E-state index contributed by atoms with van der Waals surface area (Å²) in [4.78, 5) is 37.4. The third-order valence-corrected chi connectivity index (χ3v) is 4.66. The van der Waals surface area contributed by atoms with Crippen molar-refractivity contribution in [1.29, 1.82) is 0 Å². The molecule has 1 aliphatic rings. The van der Waals surface area contributed by atoms with E-state index < -0.39 is 0 Å². The van der Waals surface area contributed by atoms with Crippen LogP contribution in [0.15, 0.2) is 24.3 Å². The molecule has 0 saturated carbocycles. The molecule has 1 aliphatic heterocycles. The summed E-state index contributed by atoms with van der Waals surface area (Å²) >= 11 is 0. The summed E-state index contributed by atoms with van der Waals surface area (Å²) in [5.41, 5.74) is 0.619. The lowest BCUT2D eigenvalue weighted by Gasteiger charge is -2.33. The highest BCUT2D eigenvalue weighted by Crippen LogP contribution is 2.15. The van der Waals surface area contributed by atoms with E-state index in [1.54, 1.807) is 18.2 Å². The number of Topliss-reactive ketones (excluding diaryl/α,β-unsaturated/α-hetero) is 1. The Labute approximate surface area is 161 Å². The van der Waals surface area contributed by atoms with Crippen LogP contribution in [-0.2, 0) is 9.59 Å². The smallest absolute Gasteiger partial charge is 0.222 e. The number of nitrogens with zero attached hydrogens (tertiary/aromatic N) is 1. The minimum absolute atomic E-state index is 0.00121. The third-order valence-electron chi connectivity index (χ3n) is 4.66. The number of carbonyl (C=O) groups is 3. The van der Waals surface area contributed by atoms with Crippen LogP contribution >= 0.6 is 0 Å². The van der Waals surface area contributed by atoms with Gasteiger partial charge in [0.15, 0.2) is 5.78 Å². The topological polar surface area (TPSA) is 75.7 Å². The fraction of sp³-hybridized carbons (Fsp3) is 0.571. The van der Waals surface area contributed by atoms with Gasteiger partial charge in [0, 0.05) is 37.5 Å². The van der Waals surface area contributed by atoms with Crippen molar-refractivity contribution in [2.24, 2.45) is 0 Å². The van der Waals surface area contributed by atoms with Crippen LogP contribution in [0.1, 0.15) is 62.7 Å². The van der Waals surface area contributed by atoms with Gasteiger partial charge in [-0.1, -0.05) is 19.1 Å². The molecule has 0 aliphatic carbocycles. The number of hydrogen-bond donors (Lipinski definition) is 1. The normalized spacial score (nSPS) is 16.7. The number of carbonyl (C=O) groups excluding carboxylic acids is 3. The molecule has 1 aromatic carbocycles. The molecule has 2 amide bonds. The van der Waals surface area contributed by atoms with Crippen molar-refractivity contribution in [2.45, 2.75) is 58.4 Å². The van der Waals surface area contributed by atoms with Crippen LogP contribution < -0.4 is 10.1 Å². The van der Waals surface area contributed by atoms with Gasteiger partial charge < -0.3 is 15.0 Å². The minimum Gasteiger partial charge on any atom is -0.494 e. The van der Waals surface area contributed by atoms with Gasteiger partial charge in [0.1, 0.15) is 5.75 Å². The molecule has 2 rings (SSSR count). The minimum atomic E-state index is 0.00121. The zero-order chi connectivity index (χ0) is 19.6. The molecule has 1 atom stereocenters. The van der Waals surface area contributed by atoms with Crippen LogP contribution in [0.3, 0.4) is 0 Å². The van der Waals surface area contributed by atoms with Crippen LogP contribution in [0.5, 0.6) is 5.75 Å². The van der Waals surface area contributed by atoms with Gasteiger partial charge in [-0.3, -0.25) is 14.4 Å². The largest absolute Gasteiger partial charge is 0.494 e. The molecule has 0 spiro atoms. The average molecular weight is 374 g/mol. The number of amides is 2. The van der Waals surface area contributed by atoms with Crippen molar-refractivity contribution in [1.82, 2.24) is 10.2 Å². The Bertz CT molecular complexity index is 659. The van der Waals surface area contributed by atoms with Gasteiger partial charge in [-0.05, 0) is 44.7 Å². The third kappa shape index (κ3) is 7.04. The Balaban J connectivity index is 1.71. The molecule has 0 aromatic heterocycles. The quantitative estimate of drug-likeness (QED) is 0.533. The SMILES string of the molecule is CCCC(=O)NC1CCCN(C(=O)CCCOc2cccc(C(C)=O)c2)C1. The van der Waals surface area contributed by atoms with Gasteiger partial charge in [0.2, 0.25) is 11.8 Å². The molecular weight excluding hydrogens is 344 g/mol. The van der Waals surface area contributed by atoms with E-state index in [9.17, 15) is 14.4 Å². The highest BCUT2D eigenvalue weighted by molar-refractivity contribution is 5.94. The maximum absolute atomic E-state index is 12.4. The predicted molar refractivity (Wildman–Crippen MR) is 104 cm³/mol. The Morgan fingerprint density at radius 3 is 2.81 bits per heavy atom. The van der Waals surface area contributed by atoms with Crippen molar-refractivity contribution in [2.75, 3.05) is 19.7 Å². The molecule has 148 valence electrons. The van der Waals surface area contributed by atoms with Crippen molar-refractivity contribution in [3.63, 3.8) is 0 Å². The molecule has 1 aromatic rings. The van der Waals surface area contributed by atoms with E-state index in [1.165, 1.54) is 6.92 Å². The molecule has 1 N–H and O–H groups in total. The van der Waals surface area contributed by atoms with E-state index in [2.05, 4.69) is 5.32 Å². The summed E-state index contributed by atoms with van der Waals surface area (Å²) in [6.45, 7) is 5.27. The molecule has 1 heterocycles. The fourth-order valence-corrected chi connectivity index (χ4v) is 3.22. The highest BCUT2D eigenvalue weighted by Gasteiger charge is 2.24. The van der Waals surface area contributed by atoms with E-state index in [1.807, 2.05) is 17.9 Å². The van der Waals surface area contributed by atoms with E-state index in [0.29, 0.717) is 43.7 Å². The summed E-state index contributed by atoms with van der Waals surface area (Å²) in [6.07, 6.45) is 4.24. The maximum Gasteiger partial charge on any atom is 0.222 e. The number of likely N-dealkylation sites (tertiary alicyclic amines) is 1. The number of rotatable bonds is 9. The zero-order valence-corrected chi connectivity index (χ0v) is 16.3. The Morgan fingerprint density at radius 1 is 1.26 bits per heavy atom. The Morgan fingerprint density at radius 2 is 2.07 bits per heavy atom. The lowest BCUT2D eigenvalue weighted by Crippen LogP contribution is -2.49. The van der Waals surface area contributed by atoms with Crippen LogP contribution in [-0.4, -0.2) is 48.2 Å². The second kappa shape index (κ2) is 10.7. The first-order chi connectivity index (χ1) is 13.0. The molecular formula is C21H30N2O4. The van der Waals surface area contributed by atoms with Crippen molar-refractivity contribution in [3.8, 4) is 5.75 Å². The molecule has 0 radical (unpaired) electrons. The first-order valence-corrected chi connectivity index (χ1v) is 9.80. The fourth-order valence-electron chi connectivity index (χ4n) is 3.22. The zero-order valence-electron chi connectivity index (χ0n) is 16.3. The summed E-state index contributed by atoms with van der Waals surface area (Å²) in [5.74, 6) is 0.816. The monoisotopic (exact) mass is 374 g/mol. The van der Waals surface area contributed by atoms with Crippen LogP contribution in [0, 0.1) is 0 Å². The van der Waals surface area contributed by atoms with E-state index in [4.69, 9.17) is 4.74 Å². The lowest BCUT2D eigenvalue weighted by atomic mass is 10.0. The van der Waals surface area contributed by atoms with E-state index >= 15 is 0 Å². The average Bonchev–Trinajstić information content (AvgIpc) is 2.65. The van der Waals surface area contributed by atoms with Gasteiger partial charge in [-0.2, -0.15) is 0 Å². The molecule has 1 unspecified atom stereocenters. The molecule has 1 fully saturated rings. The number of ether oxygens (including phenoxy) is 1. The number of benzene rings is 1. The first kappa shape index (κ1) is 20.9. The number of nitrogens with one attached hydrogen (secondary N) is 1. The van der Waals surface area contributed by atoms with Crippen LogP contribution in [0.25, 0.3) is 0 Å². The maximum atomic E-state index is 12.4. The molecule has 27 heavy (non-hydrogen) atoms. The molecule has 0 bridgehead atoms. The second-order valence-corrected chi connectivity index (χ2v) is 7.03. The van der Waals surface area contributed by atoms with Crippen molar-refractivity contribution >= 4 is 17.6 Å². The second-order valence-electron chi connectivity index (χ2n) is 7.03. The summed E-state index contributed by atoms with van der Waals surface area (Å²) in [6, 6.07) is 7.14. The number of ketones is 1. The van der Waals surface area contributed by atoms with Crippen LogP contribution in [0.2, 0.25) is 0 Å². The molecule has 1 saturated heterocycles. The highest BCUT2D eigenvalue weighted by atomic mass is 16.5. The Kier molecular flexibility index (Phi) is 8.30. The summed E-state index contributed by atoms with van der Waals surface area (Å²) in [5, 5.41) is 3.02. The lowest BCUT2D eigenvalue weighted by molar-refractivity contribution is -0.133. The van der Waals surface area contributed by atoms with Gasteiger partial charge >= 0.3 is 0 Å². The number of hydrogen-bond acceptors (Lipinski definition) is 4. The summed E-state index contributed by atoms with van der Waals surface area (Å²) < 4.78 is 5.66. The summed E-state index contributed by atoms with van der Waals surface area (Å²) in [7, 11) is 0. The van der Waals surface area contributed by atoms with Gasteiger partial charge in [0.25, 0.3) is 0 Å². The van der Waals surface area contributed by atoms with Crippen molar-refractivity contribution in [3.05, 3.63) is 29.8 Å². The standard InChI is InChI=1S/C21H30N2O4/c1-3-7-20(25)22-18-9-5-12-23(15-18)21(26)11-6-13-27-19-10-4-8-17(14-19)16(2)24/h4,8,10,14,18H,3,5-7,9,11-13,15H2,1-2H3,(H,22,25). The van der Waals surface area contributed by atoms with E-state index in [-0.39, 0.29) is 23.6 Å². The Hall–Kier alpha value is -2.37. The first-order valence-electron chi connectivity index (χ1n) is 9.80. The van der Waals surface area contributed by atoms with Crippen LogP contribution in [0.4, 0.5) is 0 Å².